The molecule has 8 heteroatoms. The summed E-state index contributed by atoms with van der Waals surface area (Å²) < 4.78 is 5.36. The van der Waals surface area contributed by atoms with Gasteiger partial charge in [0.2, 0.25) is 11.8 Å². The Morgan fingerprint density at radius 3 is 1.95 bits per heavy atom. The molecule has 3 aliphatic rings. The third-order valence-corrected chi connectivity index (χ3v) is 11.2. The zero-order valence-electron chi connectivity index (χ0n) is 20.1. The first-order chi connectivity index (χ1) is 18.4. The fourth-order valence-electron chi connectivity index (χ4n) is 6.20. The van der Waals surface area contributed by atoms with Crippen LogP contribution in [0, 0.1) is 23.7 Å². The monoisotopic (exact) mass is 635 g/mol. The van der Waals surface area contributed by atoms with E-state index in [2.05, 4.69) is 31.9 Å². The lowest BCUT2D eigenvalue weighted by Crippen LogP contribution is -2.37. The van der Waals surface area contributed by atoms with Crippen molar-refractivity contribution >= 4 is 61.1 Å². The van der Waals surface area contributed by atoms with Gasteiger partial charge in [-0.25, -0.2) is 9.69 Å². The molecule has 0 aromatic heterocycles. The highest BCUT2D eigenvalue weighted by Crippen LogP contribution is 2.60. The van der Waals surface area contributed by atoms with Crippen LogP contribution in [-0.2, 0) is 14.3 Å². The van der Waals surface area contributed by atoms with Crippen molar-refractivity contribution in [3.8, 4) is 11.1 Å². The highest BCUT2D eigenvalue weighted by atomic mass is 79.9. The molecule has 6 atom stereocenters. The van der Waals surface area contributed by atoms with Gasteiger partial charge in [0.15, 0.2) is 12.4 Å². The Labute approximate surface area is 236 Å². The van der Waals surface area contributed by atoms with Crippen LogP contribution in [0.5, 0.6) is 0 Å². The number of benzene rings is 3. The van der Waals surface area contributed by atoms with E-state index in [1.165, 1.54) is 6.07 Å². The molecule has 0 spiro atoms. The van der Waals surface area contributed by atoms with Gasteiger partial charge in [-0.05, 0) is 41.5 Å². The number of ketones is 1. The zero-order valence-corrected chi connectivity index (χ0v) is 23.3. The Balaban J connectivity index is 1.17. The molecule has 38 heavy (non-hydrogen) atoms. The summed E-state index contributed by atoms with van der Waals surface area (Å²) in [4.78, 5) is 54.1. The fourth-order valence-corrected chi connectivity index (χ4v) is 8.07. The molecule has 1 aliphatic heterocycles. The number of hydrogen-bond donors (Lipinski definition) is 0. The fraction of sp³-hybridized carbons (Fsp3) is 0.267. The van der Waals surface area contributed by atoms with Crippen LogP contribution in [0.2, 0.25) is 0 Å². The van der Waals surface area contributed by atoms with Crippen molar-refractivity contribution in [2.75, 3.05) is 11.5 Å². The SMILES string of the molecule is O=C(COC(=O)c1ccccc1N1C(=O)C2C3CC(C(Br)C3Br)C2C1=O)c1ccc(-c2ccccc2)cc1. The number of carbonyl (C=O) groups is 4. The maximum absolute atomic E-state index is 13.5. The van der Waals surface area contributed by atoms with E-state index in [1.54, 1.807) is 30.3 Å². The van der Waals surface area contributed by atoms with Crippen molar-refractivity contribution in [2.24, 2.45) is 23.7 Å². The molecule has 2 saturated carbocycles. The third kappa shape index (κ3) is 4.05. The molecule has 3 aromatic carbocycles. The van der Waals surface area contributed by atoms with Gasteiger partial charge >= 0.3 is 5.97 Å². The molecule has 192 valence electrons. The second-order valence-electron chi connectivity index (χ2n) is 9.98. The highest BCUT2D eigenvalue weighted by Gasteiger charge is 2.66. The topological polar surface area (TPSA) is 80.8 Å². The molecule has 2 amide bonds. The van der Waals surface area contributed by atoms with Crippen LogP contribution < -0.4 is 4.90 Å². The molecule has 6 rings (SSSR count). The maximum Gasteiger partial charge on any atom is 0.340 e. The average Bonchev–Trinajstić information content (AvgIpc) is 3.56. The van der Waals surface area contributed by atoms with Gasteiger partial charge in [-0.1, -0.05) is 98.6 Å². The van der Waals surface area contributed by atoms with Crippen LogP contribution in [0.15, 0.2) is 78.9 Å². The van der Waals surface area contributed by atoms with E-state index in [0.29, 0.717) is 5.56 Å². The first-order valence-corrected chi connectivity index (χ1v) is 14.3. The van der Waals surface area contributed by atoms with Crippen LogP contribution in [0.3, 0.4) is 0 Å². The summed E-state index contributed by atoms with van der Waals surface area (Å²) in [5.41, 5.74) is 2.73. The highest BCUT2D eigenvalue weighted by molar-refractivity contribution is 9.12. The number of ether oxygens (including phenoxy) is 1. The number of halogens is 2. The number of esters is 1. The molecular weight excluding hydrogens is 614 g/mol. The first kappa shape index (κ1) is 25.2. The molecular formula is C30H23Br2NO5. The molecule has 1 heterocycles. The Hall–Kier alpha value is -3.10. The Kier molecular flexibility index (Phi) is 6.56. The Morgan fingerprint density at radius 2 is 1.32 bits per heavy atom. The van der Waals surface area contributed by atoms with Crippen molar-refractivity contribution in [1.82, 2.24) is 0 Å². The smallest absolute Gasteiger partial charge is 0.340 e. The van der Waals surface area contributed by atoms with Crippen molar-refractivity contribution < 1.29 is 23.9 Å². The summed E-state index contributed by atoms with van der Waals surface area (Å²) in [5, 5.41) is 0. The van der Waals surface area contributed by atoms with Gasteiger partial charge in [0.1, 0.15) is 0 Å². The molecule has 3 fully saturated rings. The predicted molar refractivity (Wildman–Crippen MR) is 149 cm³/mol. The third-order valence-electron chi connectivity index (χ3n) is 8.00. The number of hydrogen-bond acceptors (Lipinski definition) is 5. The summed E-state index contributed by atoms with van der Waals surface area (Å²) >= 11 is 7.39. The summed E-state index contributed by atoms with van der Waals surface area (Å²) in [6.07, 6.45) is 0.824. The summed E-state index contributed by atoms with van der Waals surface area (Å²) in [5.74, 6) is -2.29. The second kappa shape index (κ2) is 9.89. The number of carbonyl (C=O) groups excluding carboxylic acids is 4. The number of alkyl halides is 2. The number of para-hydroxylation sites is 1. The molecule has 2 bridgehead atoms. The summed E-state index contributed by atoms with van der Waals surface area (Å²) in [7, 11) is 0. The van der Waals surface area contributed by atoms with E-state index in [1.807, 2.05) is 42.5 Å². The number of Topliss-reactive ketones (excluding diaryl/α,β-unsaturated/α-hetero) is 1. The van der Waals surface area contributed by atoms with E-state index in [9.17, 15) is 19.2 Å². The van der Waals surface area contributed by atoms with Gasteiger partial charge in [0.25, 0.3) is 0 Å². The number of fused-ring (bicyclic) bond motifs is 5. The van der Waals surface area contributed by atoms with E-state index >= 15 is 0 Å². The van der Waals surface area contributed by atoms with Gasteiger partial charge in [0, 0.05) is 15.2 Å². The number of imide groups is 1. The van der Waals surface area contributed by atoms with E-state index in [0.717, 1.165) is 22.4 Å². The van der Waals surface area contributed by atoms with Gasteiger partial charge in [-0.3, -0.25) is 14.4 Å². The van der Waals surface area contributed by atoms with Crippen molar-refractivity contribution in [1.29, 1.82) is 0 Å². The molecule has 6 nitrogen and oxygen atoms in total. The second-order valence-corrected chi connectivity index (χ2v) is 12.1. The van der Waals surface area contributed by atoms with Crippen molar-refractivity contribution in [2.45, 2.75) is 16.1 Å². The van der Waals surface area contributed by atoms with Gasteiger partial charge in [0.05, 0.1) is 23.1 Å². The average molecular weight is 637 g/mol. The van der Waals surface area contributed by atoms with Gasteiger partial charge in [-0.2, -0.15) is 0 Å². The lowest BCUT2D eigenvalue weighted by molar-refractivity contribution is -0.123. The molecule has 0 N–H and O–H groups in total. The lowest BCUT2D eigenvalue weighted by Gasteiger charge is -2.28. The summed E-state index contributed by atoms with van der Waals surface area (Å²) in [6.45, 7) is -0.453. The lowest BCUT2D eigenvalue weighted by atomic mass is 9.81. The van der Waals surface area contributed by atoms with E-state index in [4.69, 9.17) is 4.74 Å². The number of anilines is 1. The maximum atomic E-state index is 13.5. The molecule has 0 radical (unpaired) electrons. The van der Waals surface area contributed by atoms with Crippen LogP contribution >= 0.6 is 31.9 Å². The predicted octanol–water partition coefficient (Wildman–Crippen LogP) is 5.68. The molecule has 2 aliphatic carbocycles. The van der Waals surface area contributed by atoms with E-state index in [-0.39, 0.29) is 50.3 Å². The molecule has 3 aromatic rings. The van der Waals surface area contributed by atoms with E-state index < -0.39 is 24.4 Å². The van der Waals surface area contributed by atoms with Crippen LogP contribution in [0.25, 0.3) is 11.1 Å². The van der Waals surface area contributed by atoms with Crippen LogP contribution in [0.1, 0.15) is 27.1 Å². The normalized spacial score (nSPS) is 27.5. The first-order valence-electron chi connectivity index (χ1n) is 12.5. The minimum absolute atomic E-state index is 0.0702. The Morgan fingerprint density at radius 1 is 0.763 bits per heavy atom. The largest absolute Gasteiger partial charge is 0.454 e. The van der Waals surface area contributed by atoms with Crippen LogP contribution in [-0.4, -0.2) is 39.8 Å². The van der Waals surface area contributed by atoms with Crippen LogP contribution in [0.4, 0.5) is 5.69 Å². The Bertz CT molecular complexity index is 1410. The number of amides is 2. The zero-order chi connectivity index (χ0) is 26.6. The standard InChI is InChI=1S/C30H23Br2NO5/c31-26-20-14-21(27(26)32)25-24(20)28(35)33(29(25)36)22-9-5-4-8-19(22)30(37)38-15-23(34)18-12-10-17(11-13-18)16-6-2-1-3-7-16/h1-13,20-21,24-27H,14-15H2. The number of rotatable bonds is 6. The number of nitrogens with zero attached hydrogens (tertiary/aromatic N) is 1. The van der Waals surface area contributed by atoms with Crippen molar-refractivity contribution in [3.05, 3.63) is 90.0 Å². The molecule has 6 unspecified atom stereocenters. The van der Waals surface area contributed by atoms with Gasteiger partial charge < -0.3 is 4.74 Å². The quantitative estimate of drug-likeness (QED) is 0.151. The van der Waals surface area contributed by atoms with Gasteiger partial charge in [-0.15, -0.1) is 0 Å². The van der Waals surface area contributed by atoms with Crippen molar-refractivity contribution in [3.63, 3.8) is 0 Å². The minimum Gasteiger partial charge on any atom is -0.454 e. The summed E-state index contributed by atoms with van der Waals surface area (Å²) in [6, 6.07) is 23.3. The molecule has 1 saturated heterocycles. The minimum atomic E-state index is -0.757.